The van der Waals surface area contributed by atoms with Crippen LogP contribution in [-0.4, -0.2) is 56.1 Å². The van der Waals surface area contributed by atoms with Crippen molar-refractivity contribution in [3.8, 4) is 5.75 Å². The van der Waals surface area contributed by atoms with Crippen molar-refractivity contribution in [1.82, 2.24) is 9.13 Å². The standard InChI is InChI=1S/C29H36N4O8S/c1-14-21-24(36)33(28(2,3)26(37)38)27(39)32(25(21)42-22(14)23(30)35)13-20(18-7-5-6-8-19(18)40-4)41-17-10-15-9-16(34)11-29(15,31)12-17/h5-8,15-17,20,34H,9-13,31H2,1-4H3,(H2,30,35)(H,37,38)/t15?,16?,17-,20?,29?/m0/s1. The SMILES string of the molecule is COc1ccccc1C(Cn1c(=O)n(C(C)(C)C(=O)O)c(=O)c2c(C)c(C(N)=O)sc21)O[C@H]1CC2CC(O)CC2(N)C1. The number of aromatic nitrogens is 2. The molecule has 0 spiro atoms. The summed E-state index contributed by atoms with van der Waals surface area (Å²) in [4.78, 5) is 52.5. The fourth-order valence-electron chi connectivity index (χ4n) is 6.64. The van der Waals surface area contributed by atoms with E-state index in [9.17, 15) is 29.4 Å². The number of aliphatic carboxylic acids is 1. The molecule has 2 aliphatic carbocycles. The molecule has 12 nitrogen and oxygen atoms in total. The van der Waals surface area contributed by atoms with Crippen molar-refractivity contribution in [3.63, 3.8) is 0 Å². The molecule has 2 aliphatic rings. The molecule has 5 atom stereocenters. The third-order valence-corrected chi connectivity index (χ3v) is 10.2. The van der Waals surface area contributed by atoms with Gasteiger partial charge in [0, 0.05) is 11.1 Å². The Hall–Kier alpha value is -3.52. The molecule has 1 amide bonds. The molecule has 3 aromatic rings. The van der Waals surface area contributed by atoms with Gasteiger partial charge in [0.1, 0.15) is 22.2 Å². The number of methoxy groups -OCH3 is 1. The number of carboxylic acid groups (broad SMARTS) is 1. The molecule has 0 radical (unpaired) electrons. The zero-order chi connectivity index (χ0) is 30.7. The maximum atomic E-state index is 14.1. The first kappa shape index (κ1) is 30.0. The van der Waals surface area contributed by atoms with E-state index in [1.54, 1.807) is 19.1 Å². The topological polar surface area (TPSA) is 189 Å². The summed E-state index contributed by atoms with van der Waals surface area (Å²) in [7, 11) is 1.52. The van der Waals surface area contributed by atoms with Gasteiger partial charge in [-0.15, -0.1) is 11.3 Å². The molecule has 226 valence electrons. The number of aliphatic hydroxyl groups excluding tert-OH is 1. The Morgan fingerprint density at radius 2 is 1.90 bits per heavy atom. The summed E-state index contributed by atoms with van der Waals surface area (Å²) in [5, 5.41) is 20.2. The zero-order valence-electron chi connectivity index (χ0n) is 24.0. The molecule has 0 saturated heterocycles. The molecule has 6 N–H and O–H groups in total. The van der Waals surface area contributed by atoms with Gasteiger partial charge in [-0.05, 0) is 64.0 Å². The van der Waals surface area contributed by atoms with Crippen LogP contribution in [0.25, 0.3) is 10.2 Å². The van der Waals surface area contributed by atoms with Crippen LogP contribution in [0.4, 0.5) is 0 Å². The number of aryl methyl sites for hydroxylation is 1. The van der Waals surface area contributed by atoms with E-state index in [1.165, 1.54) is 25.5 Å². The van der Waals surface area contributed by atoms with Crippen LogP contribution < -0.4 is 27.5 Å². The van der Waals surface area contributed by atoms with E-state index in [-0.39, 0.29) is 39.2 Å². The second-order valence-corrected chi connectivity index (χ2v) is 12.9. The fourth-order valence-corrected chi connectivity index (χ4v) is 7.79. The summed E-state index contributed by atoms with van der Waals surface area (Å²) < 4.78 is 14.3. The number of hydrogen-bond acceptors (Lipinski definition) is 9. The smallest absolute Gasteiger partial charge is 0.333 e. The molecule has 5 rings (SSSR count). The number of nitrogens with zero attached hydrogens (tertiary/aromatic N) is 2. The Morgan fingerprint density at radius 3 is 2.52 bits per heavy atom. The molecule has 2 fully saturated rings. The quantitative estimate of drug-likeness (QED) is 0.284. The van der Waals surface area contributed by atoms with Gasteiger partial charge in [0.05, 0.1) is 36.1 Å². The Bertz CT molecular complexity index is 1690. The van der Waals surface area contributed by atoms with E-state index in [1.807, 2.05) is 12.1 Å². The third-order valence-electron chi connectivity index (χ3n) is 8.85. The number of ether oxygens (including phenoxy) is 2. The number of nitrogens with two attached hydrogens (primary N) is 2. The van der Waals surface area contributed by atoms with Crippen LogP contribution in [0.3, 0.4) is 0 Å². The number of carbonyl (C=O) groups excluding carboxylic acids is 1. The third kappa shape index (κ3) is 4.83. The van der Waals surface area contributed by atoms with Gasteiger partial charge in [-0.1, -0.05) is 18.2 Å². The minimum Gasteiger partial charge on any atom is -0.496 e. The van der Waals surface area contributed by atoms with Crippen LogP contribution in [0.5, 0.6) is 5.75 Å². The molecule has 0 aliphatic heterocycles. The van der Waals surface area contributed by atoms with Crippen molar-refractivity contribution in [2.75, 3.05) is 7.11 Å². The van der Waals surface area contributed by atoms with E-state index in [4.69, 9.17) is 20.9 Å². The van der Waals surface area contributed by atoms with Gasteiger partial charge in [0.25, 0.3) is 11.5 Å². The van der Waals surface area contributed by atoms with Crippen molar-refractivity contribution in [2.45, 2.75) is 82.4 Å². The molecular formula is C29H36N4O8S. The van der Waals surface area contributed by atoms with Gasteiger partial charge in [-0.2, -0.15) is 0 Å². The molecule has 42 heavy (non-hydrogen) atoms. The lowest BCUT2D eigenvalue weighted by Crippen LogP contribution is -2.52. The van der Waals surface area contributed by atoms with Crippen molar-refractivity contribution in [3.05, 3.63) is 61.1 Å². The molecular weight excluding hydrogens is 564 g/mol. The summed E-state index contributed by atoms with van der Waals surface area (Å²) in [6.07, 6.45) is 0.697. The largest absolute Gasteiger partial charge is 0.496 e. The maximum Gasteiger partial charge on any atom is 0.333 e. The predicted molar refractivity (Wildman–Crippen MR) is 156 cm³/mol. The van der Waals surface area contributed by atoms with Crippen LogP contribution in [0, 0.1) is 12.8 Å². The van der Waals surface area contributed by atoms with Crippen LogP contribution in [-0.2, 0) is 21.6 Å². The first-order valence-corrected chi connectivity index (χ1v) is 14.6. The van der Waals surface area contributed by atoms with E-state index in [0.29, 0.717) is 41.6 Å². The fraction of sp³-hybridized carbons (Fsp3) is 0.517. The van der Waals surface area contributed by atoms with E-state index >= 15 is 0 Å². The lowest BCUT2D eigenvalue weighted by atomic mass is 9.92. The summed E-state index contributed by atoms with van der Waals surface area (Å²) in [5.74, 6) is -1.54. The van der Waals surface area contributed by atoms with Crippen LogP contribution in [0.15, 0.2) is 33.9 Å². The van der Waals surface area contributed by atoms with Gasteiger partial charge >= 0.3 is 11.7 Å². The summed E-state index contributed by atoms with van der Waals surface area (Å²) in [6, 6.07) is 7.20. The number of benzene rings is 1. The first-order valence-electron chi connectivity index (χ1n) is 13.8. The van der Waals surface area contributed by atoms with Crippen molar-refractivity contribution < 1.29 is 29.3 Å². The number of carboxylic acids is 1. The molecule has 13 heteroatoms. The lowest BCUT2D eigenvalue weighted by molar-refractivity contribution is -0.146. The van der Waals surface area contributed by atoms with Crippen LogP contribution in [0.1, 0.15) is 66.4 Å². The van der Waals surface area contributed by atoms with Gasteiger partial charge in [-0.25, -0.2) is 14.2 Å². The molecule has 1 aromatic carbocycles. The van der Waals surface area contributed by atoms with E-state index < -0.39 is 46.4 Å². The highest BCUT2D eigenvalue weighted by Crippen LogP contribution is 2.48. The van der Waals surface area contributed by atoms with E-state index in [2.05, 4.69) is 0 Å². The second-order valence-electron chi connectivity index (χ2n) is 12.0. The summed E-state index contributed by atoms with van der Waals surface area (Å²) in [6.45, 7) is 3.97. The molecule has 2 heterocycles. The summed E-state index contributed by atoms with van der Waals surface area (Å²) in [5.41, 5.74) is 9.06. The van der Waals surface area contributed by atoms with Gasteiger partial charge < -0.3 is 31.2 Å². The number of carbonyl (C=O) groups is 2. The molecule has 0 bridgehead atoms. The van der Waals surface area contributed by atoms with Crippen molar-refractivity contribution in [1.29, 1.82) is 0 Å². The highest BCUT2D eigenvalue weighted by Gasteiger charge is 2.51. The minimum absolute atomic E-state index is 0.0480. The Labute approximate surface area is 245 Å². The summed E-state index contributed by atoms with van der Waals surface area (Å²) >= 11 is 0.911. The van der Waals surface area contributed by atoms with Gasteiger partial charge in [0.15, 0.2) is 0 Å². The second kappa shape index (κ2) is 10.6. The zero-order valence-corrected chi connectivity index (χ0v) is 24.8. The van der Waals surface area contributed by atoms with E-state index in [0.717, 1.165) is 11.3 Å². The molecule has 2 aromatic heterocycles. The average Bonchev–Trinajstić information content (AvgIpc) is 3.50. The minimum atomic E-state index is -1.90. The van der Waals surface area contributed by atoms with Gasteiger partial charge in [-0.3, -0.25) is 14.2 Å². The average molecular weight is 601 g/mol. The maximum absolute atomic E-state index is 14.1. The highest BCUT2D eigenvalue weighted by atomic mass is 32.1. The molecule has 4 unspecified atom stereocenters. The highest BCUT2D eigenvalue weighted by molar-refractivity contribution is 7.20. The Balaban J connectivity index is 1.69. The normalized spacial score (nSPS) is 24.6. The monoisotopic (exact) mass is 600 g/mol. The number of rotatable bonds is 9. The number of fused-ring (bicyclic) bond motifs is 2. The number of primary amides is 1. The number of amides is 1. The number of aliphatic hydroxyl groups is 1. The first-order chi connectivity index (χ1) is 19.7. The van der Waals surface area contributed by atoms with Crippen LogP contribution in [0.2, 0.25) is 0 Å². The van der Waals surface area contributed by atoms with Crippen molar-refractivity contribution in [2.24, 2.45) is 17.4 Å². The Kier molecular flexibility index (Phi) is 7.59. The molecule has 2 saturated carbocycles. The predicted octanol–water partition coefficient (Wildman–Crippen LogP) is 1.85. The number of thiophene rings is 1. The van der Waals surface area contributed by atoms with Gasteiger partial charge in [0.2, 0.25) is 0 Å². The van der Waals surface area contributed by atoms with Crippen molar-refractivity contribution >= 4 is 33.4 Å². The number of para-hydroxylation sites is 1. The lowest BCUT2D eigenvalue weighted by Gasteiger charge is -2.28. The Morgan fingerprint density at radius 1 is 1.21 bits per heavy atom. The van der Waals surface area contributed by atoms with Crippen LogP contribution >= 0.6 is 11.3 Å². The number of hydrogen-bond donors (Lipinski definition) is 4.